The summed E-state index contributed by atoms with van der Waals surface area (Å²) in [6.07, 6.45) is -0.307. The largest absolute Gasteiger partial charge is 0.392 e. The first kappa shape index (κ1) is 9.48. The molecule has 2 unspecified atom stereocenters. The van der Waals surface area contributed by atoms with Gasteiger partial charge in [0, 0.05) is 6.04 Å². The molecule has 0 radical (unpaired) electrons. The molecule has 0 saturated heterocycles. The van der Waals surface area contributed by atoms with Crippen LogP contribution < -0.4 is 5.32 Å². The van der Waals surface area contributed by atoms with Crippen LogP contribution in [0.5, 0.6) is 0 Å². The van der Waals surface area contributed by atoms with Crippen LogP contribution in [0.4, 0.5) is 0 Å². The van der Waals surface area contributed by atoms with E-state index in [0.29, 0.717) is 6.54 Å². The Morgan fingerprint density at radius 3 is 2.50 bits per heavy atom. The van der Waals surface area contributed by atoms with Crippen LogP contribution >= 0.6 is 0 Å². The minimum absolute atomic E-state index is 0.126. The topological polar surface area (TPSA) is 32.3 Å². The summed E-state index contributed by atoms with van der Waals surface area (Å²) in [6.45, 7) is 6.15. The van der Waals surface area contributed by atoms with Gasteiger partial charge in [-0.25, -0.2) is 0 Å². The lowest BCUT2D eigenvalue weighted by Crippen LogP contribution is -2.35. The van der Waals surface area contributed by atoms with E-state index in [1.807, 2.05) is 6.92 Å². The van der Waals surface area contributed by atoms with Gasteiger partial charge in [-0.2, -0.15) is 0 Å². The molecule has 0 aliphatic rings. The SMILES string of the molecule is CC#CCNC(C)C(C)O. The van der Waals surface area contributed by atoms with E-state index < -0.39 is 0 Å². The average molecular weight is 141 g/mol. The highest BCUT2D eigenvalue weighted by atomic mass is 16.3. The van der Waals surface area contributed by atoms with Gasteiger partial charge in [0.25, 0.3) is 0 Å². The van der Waals surface area contributed by atoms with Crippen molar-refractivity contribution < 1.29 is 5.11 Å². The maximum Gasteiger partial charge on any atom is 0.0662 e. The van der Waals surface area contributed by atoms with E-state index in [4.69, 9.17) is 5.11 Å². The fourth-order valence-corrected chi connectivity index (χ4v) is 0.471. The maximum absolute atomic E-state index is 9.01. The van der Waals surface area contributed by atoms with Crippen LogP contribution in [0.1, 0.15) is 20.8 Å². The Labute approximate surface area is 62.6 Å². The molecular formula is C8H15NO. The zero-order valence-corrected chi connectivity index (χ0v) is 6.81. The standard InChI is InChI=1S/C8H15NO/c1-4-5-6-9-7(2)8(3)10/h7-10H,6H2,1-3H3. The molecule has 0 saturated carbocycles. The molecule has 0 rings (SSSR count). The van der Waals surface area contributed by atoms with Gasteiger partial charge in [-0.05, 0) is 20.8 Å². The Morgan fingerprint density at radius 2 is 2.10 bits per heavy atom. The highest BCUT2D eigenvalue weighted by Crippen LogP contribution is 1.87. The van der Waals surface area contributed by atoms with E-state index in [9.17, 15) is 0 Å². The molecule has 10 heavy (non-hydrogen) atoms. The van der Waals surface area contributed by atoms with Crippen molar-refractivity contribution in [3.8, 4) is 11.8 Å². The lowest BCUT2D eigenvalue weighted by Gasteiger charge is -2.13. The Kier molecular flexibility index (Phi) is 5.00. The van der Waals surface area contributed by atoms with Gasteiger partial charge in [0.15, 0.2) is 0 Å². The molecule has 2 heteroatoms. The first-order chi connectivity index (χ1) is 4.68. The summed E-state index contributed by atoms with van der Waals surface area (Å²) in [4.78, 5) is 0. The summed E-state index contributed by atoms with van der Waals surface area (Å²) in [5, 5.41) is 12.1. The van der Waals surface area contributed by atoms with E-state index in [0.717, 1.165) is 0 Å². The predicted molar refractivity (Wildman–Crippen MR) is 42.6 cm³/mol. The zero-order chi connectivity index (χ0) is 7.98. The number of hydrogen-bond donors (Lipinski definition) is 2. The molecule has 0 fully saturated rings. The van der Waals surface area contributed by atoms with Gasteiger partial charge < -0.3 is 10.4 Å². The molecule has 0 aliphatic carbocycles. The van der Waals surface area contributed by atoms with E-state index in [1.165, 1.54) is 0 Å². The average Bonchev–Trinajstić information content (AvgIpc) is 1.88. The molecule has 0 aromatic heterocycles. The molecular weight excluding hydrogens is 126 g/mol. The van der Waals surface area contributed by atoms with Crippen LogP contribution in [0.3, 0.4) is 0 Å². The lowest BCUT2D eigenvalue weighted by molar-refractivity contribution is 0.155. The Hall–Kier alpha value is -0.520. The van der Waals surface area contributed by atoms with Gasteiger partial charge in [-0.3, -0.25) is 0 Å². The summed E-state index contributed by atoms with van der Waals surface area (Å²) < 4.78 is 0. The summed E-state index contributed by atoms with van der Waals surface area (Å²) in [5.74, 6) is 5.63. The molecule has 2 N–H and O–H groups in total. The molecule has 0 aromatic carbocycles. The third-order valence-electron chi connectivity index (χ3n) is 1.41. The van der Waals surface area contributed by atoms with Crippen LogP contribution in [0.15, 0.2) is 0 Å². The molecule has 0 heterocycles. The van der Waals surface area contributed by atoms with Crippen molar-refractivity contribution in [1.82, 2.24) is 5.32 Å². The number of nitrogens with one attached hydrogen (secondary N) is 1. The molecule has 58 valence electrons. The summed E-state index contributed by atoms with van der Waals surface area (Å²) in [5.41, 5.74) is 0. The van der Waals surface area contributed by atoms with Crippen molar-refractivity contribution in [3.05, 3.63) is 0 Å². The lowest BCUT2D eigenvalue weighted by atomic mass is 10.2. The van der Waals surface area contributed by atoms with Gasteiger partial charge in [0.2, 0.25) is 0 Å². The number of aliphatic hydroxyl groups excluding tert-OH is 1. The quantitative estimate of drug-likeness (QED) is 0.556. The summed E-state index contributed by atoms with van der Waals surface area (Å²) in [7, 11) is 0. The third-order valence-corrected chi connectivity index (χ3v) is 1.41. The molecule has 0 bridgehead atoms. The fourth-order valence-electron chi connectivity index (χ4n) is 0.471. The van der Waals surface area contributed by atoms with Crippen molar-refractivity contribution in [2.24, 2.45) is 0 Å². The van der Waals surface area contributed by atoms with E-state index >= 15 is 0 Å². The minimum Gasteiger partial charge on any atom is -0.392 e. The van der Waals surface area contributed by atoms with Gasteiger partial charge in [-0.1, -0.05) is 5.92 Å². The van der Waals surface area contributed by atoms with E-state index in [2.05, 4.69) is 17.2 Å². The van der Waals surface area contributed by atoms with Crippen molar-refractivity contribution in [1.29, 1.82) is 0 Å². The molecule has 0 aliphatic heterocycles. The highest BCUT2D eigenvalue weighted by molar-refractivity contribution is 4.97. The van der Waals surface area contributed by atoms with Crippen molar-refractivity contribution in [2.75, 3.05) is 6.54 Å². The summed E-state index contributed by atoms with van der Waals surface area (Å²) in [6, 6.07) is 0.126. The van der Waals surface area contributed by atoms with Gasteiger partial charge >= 0.3 is 0 Å². The molecule has 2 nitrogen and oxygen atoms in total. The monoisotopic (exact) mass is 141 g/mol. The smallest absolute Gasteiger partial charge is 0.0662 e. The van der Waals surface area contributed by atoms with Crippen LogP contribution in [-0.4, -0.2) is 23.8 Å². The molecule has 0 amide bonds. The Balaban J connectivity index is 3.36. The van der Waals surface area contributed by atoms with E-state index in [-0.39, 0.29) is 12.1 Å². The highest BCUT2D eigenvalue weighted by Gasteiger charge is 2.04. The van der Waals surface area contributed by atoms with Crippen molar-refractivity contribution in [3.63, 3.8) is 0 Å². The second-order valence-electron chi connectivity index (χ2n) is 2.34. The van der Waals surface area contributed by atoms with Crippen LogP contribution in [0.25, 0.3) is 0 Å². The van der Waals surface area contributed by atoms with Gasteiger partial charge in [0.1, 0.15) is 0 Å². The zero-order valence-electron chi connectivity index (χ0n) is 6.81. The van der Waals surface area contributed by atoms with Crippen LogP contribution in [0.2, 0.25) is 0 Å². The first-order valence-corrected chi connectivity index (χ1v) is 3.49. The van der Waals surface area contributed by atoms with Crippen LogP contribution in [-0.2, 0) is 0 Å². The minimum atomic E-state index is -0.307. The number of aliphatic hydroxyl groups is 1. The molecule has 2 atom stereocenters. The van der Waals surface area contributed by atoms with Gasteiger partial charge in [0.05, 0.1) is 12.6 Å². The molecule has 0 spiro atoms. The first-order valence-electron chi connectivity index (χ1n) is 3.49. The number of hydrogen-bond acceptors (Lipinski definition) is 2. The maximum atomic E-state index is 9.01. The third kappa shape index (κ3) is 4.37. The predicted octanol–water partition coefficient (Wildman–Crippen LogP) is 0.369. The second kappa shape index (κ2) is 5.28. The number of rotatable bonds is 3. The van der Waals surface area contributed by atoms with Crippen molar-refractivity contribution in [2.45, 2.75) is 32.9 Å². The fraction of sp³-hybridized carbons (Fsp3) is 0.750. The summed E-state index contributed by atoms with van der Waals surface area (Å²) >= 11 is 0. The van der Waals surface area contributed by atoms with Crippen LogP contribution in [0, 0.1) is 11.8 Å². The Bertz CT molecular complexity index is 132. The van der Waals surface area contributed by atoms with Gasteiger partial charge in [-0.15, -0.1) is 5.92 Å². The van der Waals surface area contributed by atoms with Crippen molar-refractivity contribution >= 4 is 0 Å². The molecule has 0 aromatic rings. The van der Waals surface area contributed by atoms with E-state index in [1.54, 1.807) is 13.8 Å². The second-order valence-corrected chi connectivity index (χ2v) is 2.34. The normalized spacial score (nSPS) is 15.2. The Morgan fingerprint density at radius 1 is 1.50 bits per heavy atom.